The van der Waals surface area contributed by atoms with Crippen LogP contribution >= 0.6 is 11.3 Å². The second-order valence-corrected chi connectivity index (χ2v) is 9.01. The summed E-state index contributed by atoms with van der Waals surface area (Å²) in [6, 6.07) is 16.4. The molecule has 0 aliphatic carbocycles. The van der Waals surface area contributed by atoms with E-state index in [4.69, 9.17) is 9.47 Å². The van der Waals surface area contributed by atoms with Gasteiger partial charge in [0.15, 0.2) is 11.5 Å². The van der Waals surface area contributed by atoms with Crippen LogP contribution in [0.3, 0.4) is 0 Å². The van der Waals surface area contributed by atoms with E-state index < -0.39 is 0 Å². The van der Waals surface area contributed by atoms with Crippen LogP contribution in [0.15, 0.2) is 48.5 Å². The van der Waals surface area contributed by atoms with Gasteiger partial charge in [-0.3, -0.25) is 9.69 Å². The van der Waals surface area contributed by atoms with Gasteiger partial charge in [0.25, 0.3) is 5.91 Å². The highest BCUT2D eigenvalue weighted by Crippen LogP contribution is 2.35. The highest BCUT2D eigenvalue weighted by atomic mass is 32.1. The van der Waals surface area contributed by atoms with Crippen molar-refractivity contribution in [2.24, 2.45) is 0 Å². The number of methoxy groups -OCH3 is 2. The number of carbonyl (C=O) groups excluding carboxylic acids is 1. The van der Waals surface area contributed by atoms with E-state index in [0.29, 0.717) is 16.4 Å². The number of benzene rings is 2. The van der Waals surface area contributed by atoms with Crippen molar-refractivity contribution in [3.63, 3.8) is 0 Å². The van der Waals surface area contributed by atoms with Gasteiger partial charge in [0.2, 0.25) is 0 Å². The van der Waals surface area contributed by atoms with Gasteiger partial charge in [-0.2, -0.15) is 0 Å². The second kappa shape index (κ2) is 10.1. The van der Waals surface area contributed by atoms with Gasteiger partial charge in [-0.25, -0.2) is 4.98 Å². The summed E-state index contributed by atoms with van der Waals surface area (Å²) < 4.78 is 10.7. The van der Waals surface area contributed by atoms with Crippen molar-refractivity contribution in [1.29, 1.82) is 0 Å². The minimum absolute atomic E-state index is 0.0340. The summed E-state index contributed by atoms with van der Waals surface area (Å²) in [7, 11) is 3.22. The van der Waals surface area contributed by atoms with Crippen LogP contribution in [0.25, 0.3) is 10.6 Å². The number of hydrogen-bond acceptors (Lipinski definition) is 6. The van der Waals surface area contributed by atoms with Crippen LogP contribution in [0, 0.1) is 6.92 Å². The summed E-state index contributed by atoms with van der Waals surface area (Å²) in [5.41, 5.74) is 2.99. The highest BCUT2D eigenvalue weighted by molar-refractivity contribution is 7.17. The number of aryl methyl sites for hydroxylation is 1. The first-order chi connectivity index (χ1) is 15.6. The molecule has 3 aromatic rings. The lowest BCUT2D eigenvalue weighted by Crippen LogP contribution is -2.44. The number of ether oxygens (including phenoxy) is 2. The lowest BCUT2D eigenvalue weighted by atomic mass is 10.0. The predicted octanol–water partition coefficient (Wildman–Crippen LogP) is 4.53. The Bertz CT molecular complexity index is 1060. The molecule has 0 saturated carbocycles. The van der Waals surface area contributed by atoms with Crippen LogP contribution in [0.2, 0.25) is 0 Å². The average Bonchev–Trinajstić information content (AvgIpc) is 3.22. The summed E-state index contributed by atoms with van der Waals surface area (Å²) in [6.45, 7) is 4.82. The van der Waals surface area contributed by atoms with Crippen molar-refractivity contribution >= 4 is 17.2 Å². The van der Waals surface area contributed by atoms with Gasteiger partial charge in [0, 0.05) is 31.2 Å². The first kappa shape index (κ1) is 22.3. The van der Waals surface area contributed by atoms with Crippen molar-refractivity contribution in [1.82, 2.24) is 15.2 Å². The first-order valence-corrected chi connectivity index (χ1v) is 11.7. The molecule has 1 N–H and O–H groups in total. The Kier molecular flexibility index (Phi) is 7.07. The molecule has 0 atom stereocenters. The number of likely N-dealkylation sites (tertiary alicyclic amines) is 1. The molecular weight excluding hydrogens is 422 g/mol. The normalized spacial score (nSPS) is 14.8. The van der Waals surface area contributed by atoms with E-state index >= 15 is 0 Å². The summed E-state index contributed by atoms with van der Waals surface area (Å²) in [5, 5.41) is 4.02. The molecule has 1 aliphatic rings. The number of nitrogens with one attached hydrogen (secondary N) is 1. The number of rotatable bonds is 7. The van der Waals surface area contributed by atoms with E-state index in [1.54, 1.807) is 14.2 Å². The molecule has 4 rings (SSSR count). The van der Waals surface area contributed by atoms with E-state index in [1.807, 2.05) is 31.2 Å². The molecule has 7 heteroatoms. The SMILES string of the molecule is COc1ccc(-c2nc(C)c(C(=O)NC3CCN(Cc4ccccc4)CC3)s2)cc1OC. The van der Waals surface area contributed by atoms with Crippen molar-refractivity contribution in [3.8, 4) is 22.1 Å². The molecule has 0 bridgehead atoms. The Hall–Kier alpha value is -2.90. The smallest absolute Gasteiger partial charge is 0.263 e. The van der Waals surface area contributed by atoms with E-state index in [2.05, 4.69) is 39.5 Å². The Morgan fingerprint density at radius 2 is 1.81 bits per heavy atom. The quantitative estimate of drug-likeness (QED) is 0.572. The zero-order valence-electron chi connectivity index (χ0n) is 18.8. The average molecular weight is 452 g/mol. The number of carbonyl (C=O) groups is 1. The molecular formula is C25H29N3O3S. The molecule has 1 fully saturated rings. The third kappa shape index (κ3) is 5.11. The van der Waals surface area contributed by atoms with E-state index in [1.165, 1.54) is 16.9 Å². The number of aromatic nitrogens is 1. The van der Waals surface area contributed by atoms with Gasteiger partial charge in [-0.05, 0) is 43.5 Å². The van der Waals surface area contributed by atoms with Gasteiger partial charge in [0.05, 0.1) is 19.9 Å². The second-order valence-electron chi connectivity index (χ2n) is 8.01. The number of amides is 1. The largest absolute Gasteiger partial charge is 0.493 e. The Balaban J connectivity index is 1.37. The molecule has 0 unspecified atom stereocenters. The maximum Gasteiger partial charge on any atom is 0.263 e. The molecule has 0 spiro atoms. The molecule has 0 radical (unpaired) electrons. The Morgan fingerprint density at radius 3 is 2.50 bits per heavy atom. The fraction of sp³-hybridized carbons (Fsp3) is 0.360. The van der Waals surface area contributed by atoms with Crippen molar-refractivity contribution < 1.29 is 14.3 Å². The molecule has 1 aliphatic heterocycles. The Labute approximate surface area is 193 Å². The minimum atomic E-state index is -0.0340. The number of hydrogen-bond donors (Lipinski definition) is 1. The molecule has 2 aromatic carbocycles. The van der Waals surface area contributed by atoms with E-state index in [9.17, 15) is 4.79 Å². The van der Waals surface area contributed by atoms with Gasteiger partial charge < -0.3 is 14.8 Å². The summed E-state index contributed by atoms with van der Waals surface area (Å²) in [6.07, 6.45) is 1.91. The van der Waals surface area contributed by atoms with Crippen LogP contribution in [-0.2, 0) is 6.54 Å². The molecule has 168 valence electrons. The third-order valence-electron chi connectivity index (χ3n) is 5.81. The summed E-state index contributed by atoms with van der Waals surface area (Å²) in [5.74, 6) is 1.28. The number of thiazole rings is 1. The Morgan fingerprint density at radius 1 is 1.09 bits per heavy atom. The third-order valence-corrected chi connectivity index (χ3v) is 7.01. The standard InChI is InChI=1S/C25H29N3O3S/c1-17-23(32-25(26-17)19-9-10-21(30-2)22(15-19)31-3)24(29)27-20-11-13-28(14-12-20)16-18-7-5-4-6-8-18/h4-10,15,20H,11-14,16H2,1-3H3,(H,27,29). The topological polar surface area (TPSA) is 63.7 Å². The van der Waals surface area contributed by atoms with Crippen LogP contribution in [0.1, 0.15) is 33.8 Å². The molecule has 1 amide bonds. The zero-order valence-corrected chi connectivity index (χ0v) is 19.6. The van der Waals surface area contributed by atoms with Crippen molar-refractivity contribution in [3.05, 3.63) is 64.7 Å². The highest BCUT2D eigenvalue weighted by Gasteiger charge is 2.24. The van der Waals surface area contributed by atoms with Crippen LogP contribution < -0.4 is 14.8 Å². The summed E-state index contributed by atoms with van der Waals surface area (Å²) >= 11 is 1.41. The molecule has 1 saturated heterocycles. The monoisotopic (exact) mass is 451 g/mol. The maximum absolute atomic E-state index is 13.0. The predicted molar refractivity (Wildman–Crippen MR) is 128 cm³/mol. The maximum atomic E-state index is 13.0. The molecule has 1 aromatic heterocycles. The van der Waals surface area contributed by atoms with E-state index in [0.717, 1.165) is 48.7 Å². The minimum Gasteiger partial charge on any atom is -0.493 e. The van der Waals surface area contributed by atoms with Crippen LogP contribution in [0.4, 0.5) is 0 Å². The van der Waals surface area contributed by atoms with Crippen molar-refractivity contribution in [2.75, 3.05) is 27.3 Å². The van der Waals surface area contributed by atoms with Gasteiger partial charge >= 0.3 is 0 Å². The van der Waals surface area contributed by atoms with Gasteiger partial charge in [-0.15, -0.1) is 11.3 Å². The molecule has 32 heavy (non-hydrogen) atoms. The van der Waals surface area contributed by atoms with Gasteiger partial charge in [-0.1, -0.05) is 30.3 Å². The fourth-order valence-electron chi connectivity index (χ4n) is 4.03. The lowest BCUT2D eigenvalue weighted by molar-refractivity contribution is 0.0912. The number of piperidine rings is 1. The lowest BCUT2D eigenvalue weighted by Gasteiger charge is -2.32. The molecule has 6 nitrogen and oxygen atoms in total. The fourth-order valence-corrected chi connectivity index (χ4v) is 4.99. The van der Waals surface area contributed by atoms with Gasteiger partial charge in [0.1, 0.15) is 9.88 Å². The van der Waals surface area contributed by atoms with E-state index in [-0.39, 0.29) is 11.9 Å². The number of nitrogens with zero attached hydrogens (tertiary/aromatic N) is 2. The van der Waals surface area contributed by atoms with Crippen LogP contribution in [-0.4, -0.2) is 49.1 Å². The zero-order chi connectivity index (χ0) is 22.5. The molecule has 2 heterocycles. The summed E-state index contributed by atoms with van der Waals surface area (Å²) in [4.78, 5) is 20.7. The van der Waals surface area contributed by atoms with Crippen molar-refractivity contribution in [2.45, 2.75) is 32.4 Å². The van der Waals surface area contributed by atoms with Crippen LogP contribution in [0.5, 0.6) is 11.5 Å². The first-order valence-electron chi connectivity index (χ1n) is 10.8.